The number of rotatable bonds is 9. The molecule has 2 heterocycles. The van der Waals surface area contributed by atoms with Crippen molar-refractivity contribution in [1.29, 1.82) is 0 Å². The van der Waals surface area contributed by atoms with E-state index in [1.807, 2.05) is 28.2 Å². The maximum Gasteiger partial charge on any atom is 0.180 e. The van der Waals surface area contributed by atoms with Crippen LogP contribution in [0.15, 0.2) is 54.9 Å². The Labute approximate surface area is 186 Å². The summed E-state index contributed by atoms with van der Waals surface area (Å²) in [5, 5.41) is 20.6. The highest BCUT2D eigenvalue weighted by molar-refractivity contribution is 7.78. The molecule has 0 radical (unpaired) electrons. The monoisotopic (exact) mass is 431 g/mol. The largest absolute Gasteiger partial charge is 0.245 e. The summed E-state index contributed by atoms with van der Waals surface area (Å²) >= 11 is 5.13. The third kappa shape index (κ3) is 4.91. The first-order valence-electron chi connectivity index (χ1n) is 10.4. The summed E-state index contributed by atoms with van der Waals surface area (Å²) in [6.07, 6.45) is 3.51. The molecule has 0 aliphatic heterocycles. The Bertz CT molecular complexity index is 1120. The lowest BCUT2D eigenvalue weighted by atomic mass is 9.94. The minimum Gasteiger partial charge on any atom is -0.245 e. The number of hydrogen-bond acceptors (Lipinski definition) is 6. The molecule has 158 valence electrons. The van der Waals surface area contributed by atoms with Crippen molar-refractivity contribution in [3.8, 4) is 22.5 Å². The summed E-state index contributed by atoms with van der Waals surface area (Å²) in [5.74, 6) is 2.52. The van der Waals surface area contributed by atoms with Crippen LogP contribution >= 0.6 is 12.2 Å². The first kappa shape index (κ1) is 21.0. The number of tetrazole rings is 1. The van der Waals surface area contributed by atoms with Gasteiger partial charge in [-0.15, -0.1) is 5.10 Å². The van der Waals surface area contributed by atoms with E-state index in [4.69, 9.17) is 12.2 Å². The second kappa shape index (κ2) is 9.70. The van der Waals surface area contributed by atoms with Gasteiger partial charge in [0, 0.05) is 11.5 Å². The third-order valence-electron chi connectivity index (χ3n) is 5.27. The van der Waals surface area contributed by atoms with Gasteiger partial charge in [0.2, 0.25) is 0 Å². The van der Waals surface area contributed by atoms with E-state index < -0.39 is 0 Å². The Morgan fingerprint density at radius 3 is 2.52 bits per heavy atom. The molecular weight excluding hydrogens is 406 g/mol. The highest BCUT2D eigenvalue weighted by atomic mass is 32.1. The number of nitrogens with one attached hydrogen (secondary N) is 1. The second-order valence-electron chi connectivity index (χ2n) is 8.00. The normalized spacial score (nSPS) is 12.2. The van der Waals surface area contributed by atoms with Crippen LogP contribution in [0.1, 0.15) is 44.0 Å². The minimum atomic E-state index is 0.293. The fourth-order valence-corrected chi connectivity index (χ4v) is 4.11. The molecule has 1 unspecified atom stereocenters. The second-order valence-corrected chi connectivity index (χ2v) is 8.33. The van der Waals surface area contributed by atoms with Crippen molar-refractivity contribution < 1.29 is 0 Å². The summed E-state index contributed by atoms with van der Waals surface area (Å²) < 4.78 is 2.00. The molecule has 0 amide bonds. The molecule has 7 nitrogen and oxygen atoms in total. The van der Waals surface area contributed by atoms with Gasteiger partial charge in [-0.3, -0.25) is 0 Å². The topological polar surface area (TPSA) is 85.2 Å². The Morgan fingerprint density at radius 1 is 1.06 bits per heavy atom. The summed E-state index contributed by atoms with van der Waals surface area (Å²) in [5.41, 5.74) is 4.32. The fourth-order valence-electron chi connectivity index (χ4n) is 3.88. The van der Waals surface area contributed by atoms with E-state index in [2.05, 4.69) is 74.9 Å². The maximum absolute atomic E-state index is 5.13. The highest BCUT2D eigenvalue weighted by Crippen LogP contribution is 2.30. The first-order valence-corrected chi connectivity index (χ1v) is 10.9. The van der Waals surface area contributed by atoms with Crippen LogP contribution in [-0.2, 0) is 6.54 Å². The van der Waals surface area contributed by atoms with Crippen molar-refractivity contribution in [3.05, 3.63) is 66.2 Å². The lowest BCUT2D eigenvalue weighted by Crippen LogP contribution is -2.13. The standard InChI is InChI=1S/C23H25N7S/c1-16(2)13-19(11-12-31)23-24-15-25-30(23)14-17-7-9-18(10-8-17)20-5-3-4-6-21(20)22-26-28-29-27-22/h3-10,12,15-16,19H,11,13-14H2,1-2H3,(H,26,27,28,29). The number of hydrogen-bond donors (Lipinski definition) is 1. The summed E-state index contributed by atoms with van der Waals surface area (Å²) in [4.78, 5) is 4.55. The molecule has 2 aromatic heterocycles. The summed E-state index contributed by atoms with van der Waals surface area (Å²) in [7, 11) is 0. The van der Waals surface area contributed by atoms with E-state index >= 15 is 0 Å². The maximum atomic E-state index is 5.13. The molecule has 1 N–H and O–H groups in total. The Morgan fingerprint density at radius 2 is 1.84 bits per heavy atom. The summed E-state index contributed by atoms with van der Waals surface area (Å²) in [6, 6.07) is 16.6. The van der Waals surface area contributed by atoms with Gasteiger partial charge in [-0.05, 0) is 51.2 Å². The van der Waals surface area contributed by atoms with E-state index in [0.717, 1.165) is 35.4 Å². The molecule has 0 aliphatic rings. The molecule has 0 saturated carbocycles. The zero-order chi connectivity index (χ0) is 21.6. The number of aromatic nitrogens is 7. The number of aromatic amines is 1. The Hall–Kier alpha value is -3.26. The number of benzene rings is 2. The quantitative estimate of drug-likeness (QED) is 0.387. The van der Waals surface area contributed by atoms with Gasteiger partial charge in [-0.2, -0.15) is 5.10 Å². The SMILES string of the molecule is CC(C)CC(CC=S)c1ncnn1Cc1ccc(-c2ccccc2-c2nnn[nH]2)cc1. The molecule has 1 atom stereocenters. The van der Waals surface area contributed by atoms with E-state index in [-0.39, 0.29) is 0 Å². The van der Waals surface area contributed by atoms with Crippen molar-refractivity contribution in [2.24, 2.45) is 5.92 Å². The van der Waals surface area contributed by atoms with Crippen LogP contribution < -0.4 is 0 Å². The fraction of sp³-hybridized carbons (Fsp3) is 0.304. The van der Waals surface area contributed by atoms with Crippen LogP contribution in [0.4, 0.5) is 0 Å². The Kier molecular flexibility index (Phi) is 6.57. The van der Waals surface area contributed by atoms with Gasteiger partial charge in [-0.25, -0.2) is 14.8 Å². The molecular formula is C23H25N7S. The zero-order valence-corrected chi connectivity index (χ0v) is 18.5. The number of thiocarbonyl (C=S) groups is 1. The van der Waals surface area contributed by atoms with E-state index in [0.29, 0.717) is 24.2 Å². The molecule has 0 spiro atoms. The van der Waals surface area contributed by atoms with Crippen molar-refractivity contribution in [2.45, 2.75) is 39.2 Å². The molecule has 0 saturated heterocycles. The molecule has 0 aliphatic carbocycles. The zero-order valence-electron chi connectivity index (χ0n) is 17.6. The number of nitrogens with zero attached hydrogens (tertiary/aromatic N) is 6. The molecule has 2 aromatic carbocycles. The molecule has 0 bridgehead atoms. The first-order chi connectivity index (χ1) is 15.2. The van der Waals surface area contributed by atoms with Crippen LogP contribution in [0, 0.1) is 5.92 Å². The van der Waals surface area contributed by atoms with Crippen LogP contribution in [-0.4, -0.2) is 40.8 Å². The average molecular weight is 432 g/mol. The molecule has 0 fully saturated rings. The van der Waals surface area contributed by atoms with Gasteiger partial charge in [0.1, 0.15) is 12.2 Å². The third-order valence-corrected chi connectivity index (χ3v) is 5.46. The minimum absolute atomic E-state index is 0.293. The number of H-pyrrole nitrogens is 1. The van der Waals surface area contributed by atoms with Crippen molar-refractivity contribution in [3.63, 3.8) is 0 Å². The highest BCUT2D eigenvalue weighted by Gasteiger charge is 2.19. The predicted molar refractivity (Wildman–Crippen MR) is 125 cm³/mol. The van der Waals surface area contributed by atoms with E-state index in [1.165, 1.54) is 5.56 Å². The van der Waals surface area contributed by atoms with Gasteiger partial charge < -0.3 is 0 Å². The van der Waals surface area contributed by atoms with Gasteiger partial charge in [-0.1, -0.05) is 74.6 Å². The van der Waals surface area contributed by atoms with Crippen molar-refractivity contribution >= 4 is 17.6 Å². The van der Waals surface area contributed by atoms with E-state index in [1.54, 1.807) is 6.33 Å². The van der Waals surface area contributed by atoms with Gasteiger partial charge in [0.05, 0.1) is 6.54 Å². The van der Waals surface area contributed by atoms with Crippen molar-refractivity contribution in [2.75, 3.05) is 0 Å². The average Bonchev–Trinajstić information content (AvgIpc) is 3.46. The van der Waals surface area contributed by atoms with Crippen LogP contribution in [0.2, 0.25) is 0 Å². The Balaban J connectivity index is 1.56. The molecule has 4 rings (SSSR count). The molecule has 8 heteroatoms. The van der Waals surface area contributed by atoms with E-state index in [9.17, 15) is 0 Å². The van der Waals surface area contributed by atoms with Crippen LogP contribution in [0.5, 0.6) is 0 Å². The van der Waals surface area contributed by atoms with Crippen molar-refractivity contribution in [1.82, 2.24) is 35.4 Å². The lowest BCUT2D eigenvalue weighted by Gasteiger charge is -2.17. The van der Waals surface area contributed by atoms with Crippen LogP contribution in [0.3, 0.4) is 0 Å². The lowest BCUT2D eigenvalue weighted by molar-refractivity contribution is 0.470. The molecule has 4 aromatic rings. The summed E-state index contributed by atoms with van der Waals surface area (Å²) in [6.45, 7) is 5.13. The smallest absolute Gasteiger partial charge is 0.180 e. The van der Waals surface area contributed by atoms with Gasteiger partial charge in [0.15, 0.2) is 5.82 Å². The predicted octanol–water partition coefficient (Wildman–Crippen LogP) is 4.69. The van der Waals surface area contributed by atoms with Crippen LogP contribution in [0.25, 0.3) is 22.5 Å². The van der Waals surface area contributed by atoms with Gasteiger partial charge >= 0.3 is 0 Å². The molecule has 31 heavy (non-hydrogen) atoms. The van der Waals surface area contributed by atoms with Gasteiger partial charge in [0.25, 0.3) is 0 Å².